The molecule has 0 saturated heterocycles. The summed E-state index contributed by atoms with van der Waals surface area (Å²) >= 11 is 0. The van der Waals surface area contributed by atoms with Crippen molar-refractivity contribution in [1.29, 1.82) is 0 Å². The number of hydrogen-bond acceptors (Lipinski definition) is 2. The molecule has 1 N–H and O–H groups in total. The van der Waals surface area contributed by atoms with Gasteiger partial charge in [-0.15, -0.1) is 0 Å². The van der Waals surface area contributed by atoms with Gasteiger partial charge in [0.25, 0.3) is 0 Å². The van der Waals surface area contributed by atoms with Crippen LogP contribution in [0.4, 0.5) is 0 Å². The van der Waals surface area contributed by atoms with Crippen LogP contribution >= 0.6 is 0 Å². The standard InChI is InChI=1S/C12H18O2/c1-3-4-11-9-10(2)5-6-12(11)14-8-7-13/h5-6,9,13H,3-4,7-8H2,1-2H3. The zero-order valence-corrected chi connectivity index (χ0v) is 8.92. The molecule has 0 bridgehead atoms. The Morgan fingerprint density at radius 3 is 2.79 bits per heavy atom. The molecular weight excluding hydrogens is 176 g/mol. The van der Waals surface area contributed by atoms with Gasteiger partial charge in [0.1, 0.15) is 12.4 Å². The van der Waals surface area contributed by atoms with Crippen LogP contribution in [-0.4, -0.2) is 18.3 Å². The first kappa shape index (κ1) is 11.1. The van der Waals surface area contributed by atoms with Crippen LogP contribution in [0, 0.1) is 6.92 Å². The molecule has 14 heavy (non-hydrogen) atoms. The van der Waals surface area contributed by atoms with Gasteiger partial charge >= 0.3 is 0 Å². The van der Waals surface area contributed by atoms with Gasteiger partial charge in [0, 0.05) is 0 Å². The Kier molecular flexibility index (Phi) is 4.47. The fourth-order valence-corrected chi connectivity index (χ4v) is 1.47. The van der Waals surface area contributed by atoms with Crippen LogP contribution in [0.5, 0.6) is 5.75 Å². The molecule has 0 aliphatic heterocycles. The van der Waals surface area contributed by atoms with Crippen molar-refractivity contribution >= 4 is 0 Å². The van der Waals surface area contributed by atoms with E-state index >= 15 is 0 Å². The van der Waals surface area contributed by atoms with E-state index in [1.165, 1.54) is 11.1 Å². The highest BCUT2D eigenvalue weighted by atomic mass is 16.5. The second kappa shape index (κ2) is 5.66. The number of benzene rings is 1. The Balaban J connectivity index is 2.78. The highest BCUT2D eigenvalue weighted by Gasteiger charge is 2.02. The van der Waals surface area contributed by atoms with Crippen molar-refractivity contribution in [3.05, 3.63) is 29.3 Å². The van der Waals surface area contributed by atoms with Crippen LogP contribution in [0.3, 0.4) is 0 Å². The van der Waals surface area contributed by atoms with Crippen molar-refractivity contribution in [2.75, 3.05) is 13.2 Å². The number of aryl methyl sites for hydroxylation is 2. The molecule has 0 aromatic heterocycles. The van der Waals surface area contributed by atoms with Crippen molar-refractivity contribution in [3.63, 3.8) is 0 Å². The third kappa shape index (κ3) is 3.04. The second-order valence-corrected chi connectivity index (χ2v) is 3.43. The second-order valence-electron chi connectivity index (χ2n) is 3.43. The number of rotatable bonds is 5. The molecule has 0 heterocycles. The summed E-state index contributed by atoms with van der Waals surface area (Å²) in [5.41, 5.74) is 2.49. The molecule has 1 aromatic rings. The van der Waals surface area contributed by atoms with Gasteiger partial charge in [-0.25, -0.2) is 0 Å². The van der Waals surface area contributed by atoms with E-state index in [1.54, 1.807) is 0 Å². The van der Waals surface area contributed by atoms with Gasteiger partial charge < -0.3 is 9.84 Å². The number of ether oxygens (including phenoxy) is 1. The third-order valence-corrected chi connectivity index (χ3v) is 2.08. The molecule has 1 rings (SSSR count). The van der Waals surface area contributed by atoms with Gasteiger partial charge in [0.15, 0.2) is 0 Å². The fourth-order valence-electron chi connectivity index (χ4n) is 1.47. The van der Waals surface area contributed by atoms with Gasteiger partial charge in [-0.05, 0) is 25.0 Å². The SMILES string of the molecule is CCCc1cc(C)ccc1OCCO. The van der Waals surface area contributed by atoms with Crippen LogP contribution < -0.4 is 4.74 Å². The molecular formula is C12H18O2. The van der Waals surface area contributed by atoms with Gasteiger partial charge in [0.05, 0.1) is 6.61 Å². The summed E-state index contributed by atoms with van der Waals surface area (Å²) in [4.78, 5) is 0. The van der Waals surface area contributed by atoms with Crippen LogP contribution in [-0.2, 0) is 6.42 Å². The van der Waals surface area contributed by atoms with Crippen molar-refractivity contribution in [3.8, 4) is 5.75 Å². The summed E-state index contributed by atoms with van der Waals surface area (Å²) in [6.45, 7) is 4.67. The Morgan fingerprint density at radius 1 is 1.36 bits per heavy atom. The molecule has 0 amide bonds. The summed E-state index contributed by atoms with van der Waals surface area (Å²) in [6.07, 6.45) is 2.14. The van der Waals surface area contributed by atoms with E-state index in [4.69, 9.17) is 9.84 Å². The quantitative estimate of drug-likeness (QED) is 0.779. The topological polar surface area (TPSA) is 29.5 Å². The van der Waals surface area contributed by atoms with E-state index < -0.39 is 0 Å². The Labute approximate surface area is 85.5 Å². The van der Waals surface area contributed by atoms with E-state index in [0.29, 0.717) is 6.61 Å². The summed E-state index contributed by atoms with van der Waals surface area (Å²) < 4.78 is 5.44. The molecule has 0 aliphatic carbocycles. The fraction of sp³-hybridized carbons (Fsp3) is 0.500. The Bertz CT molecular complexity index is 282. The van der Waals surface area contributed by atoms with Crippen molar-refractivity contribution < 1.29 is 9.84 Å². The molecule has 78 valence electrons. The van der Waals surface area contributed by atoms with E-state index in [2.05, 4.69) is 19.9 Å². The number of aliphatic hydroxyl groups is 1. The average Bonchev–Trinajstić information content (AvgIpc) is 2.17. The minimum atomic E-state index is 0.0689. The molecule has 1 aromatic carbocycles. The lowest BCUT2D eigenvalue weighted by Gasteiger charge is -2.10. The normalized spacial score (nSPS) is 10.2. The van der Waals surface area contributed by atoms with E-state index in [-0.39, 0.29) is 6.61 Å². The predicted octanol–water partition coefficient (Wildman–Crippen LogP) is 2.32. The average molecular weight is 194 g/mol. The molecule has 2 nitrogen and oxygen atoms in total. The van der Waals surface area contributed by atoms with Crippen LogP contribution in [0.2, 0.25) is 0 Å². The molecule has 0 radical (unpaired) electrons. The number of aliphatic hydroxyl groups excluding tert-OH is 1. The molecule has 0 aliphatic rings. The Morgan fingerprint density at radius 2 is 2.14 bits per heavy atom. The van der Waals surface area contributed by atoms with Crippen LogP contribution in [0.25, 0.3) is 0 Å². The third-order valence-electron chi connectivity index (χ3n) is 2.08. The summed E-state index contributed by atoms with van der Waals surface area (Å²) in [5, 5.41) is 8.68. The molecule has 2 heteroatoms. The maximum atomic E-state index is 8.68. The first-order chi connectivity index (χ1) is 6.77. The van der Waals surface area contributed by atoms with Crippen LogP contribution in [0.15, 0.2) is 18.2 Å². The zero-order valence-electron chi connectivity index (χ0n) is 8.92. The molecule has 0 atom stereocenters. The maximum absolute atomic E-state index is 8.68. The summed E-state index contributed by atoms with van der Waals surface area (Å²) in [7, 11) is 0. The Hall–Kier alpha value is -1.02. The van der Waals surface area contributed by atoms with Crippen molar-refractivity contribution in [2.24, 2.45) is 0 Å². The number of hydrogen-bond donors (Lipinski definition) is 1. The molecule has 0 spiro atoms. The first-order valence-corrected chi connectivity index (χ1v) is 5.11. The highest BCUT2D eigenvalue weighted by Crippen LogP contribution is 2.21. The lowest BCUT2D eigenvalue weighted by Crippen LogP contribution is -2.04. The van der Waals surface area contributed by atoms with Gasteiger partial charge in [-0.2, -0.15) is 0 Å². The summed E-state index contributed by atoms with van der Waals surface area (Å²) in [6, 6.07) is 6.16. The first-order valence-electron chi connectivity index (χ1n) is 5.11. The van der Waals surface area contributed by atoms with E-state index in [1.807, 2.05) is 12.1 Å². The minimum absolute atomic E-state index is 0.0689. The minimum Gasteiger partial charge on any atom is -0.491 e. The van der Waals surface area contributed by atoms with E-state index in [9.17, 15) is 0 Å². The lowest BCUT2D eigenvalue weighted by molar-refractivity contribution is 0.200. The van der Waals surface area contributed by atoms with Crippen molar-refractivity contribution in [2.45, 2.75) is 26.7 Å². The monoisotopic (exact) mass is 194 g/mol. The highest BCUT2D eigenvalue weighted by molar-refractivity contribution is 5.36. The molecule has 0 unspecified atom stereocenters. The van der Waals surface area contributed by atoms with Crippen LogP contribution in [0.1, 0.15) is 24.5 Å². The largest absolute Gasteiger partial charge is 0.491 e. The van der Waals surface area contributed by atoms with Gasteiger partial charge in [0.2, 0.25) is 0 Å². The van der Waals surface area contributed by atoms with Gasteiger partial charge in [-0.3, -0.25) is 0 Å². The van der Waals surface area contributed by atoms with E-state index in [0.717, 1.165) is 18.6 Å². The predicted molar refractivity (Wildman–Crippen MR) is 57.8 cm³/mol. The zero-order chi connectivity index (χ0) is 10.4. The maximum Gasteiger partial charge on any atom is 0.122 e. The van der Waals surface area contributed by atoms with Gasteiger partial charge in [-0.1, -0.05) is 31.0 Å². The van der Waals surface area contributed by atoms with Crippen molar-refractivity contribution in [1.82, 2.24) is 0 Å². The summed E-state index contributed by atoms with van der Waals surface area (Å²) in [5.74, 6) is 0.909. The smallest absolute Gasteiger partial charge is 0.122 e. The molecule has 0 saturated carbocycles. The molecule has 0 fully saturated rings. The lowest BCUT2D eigenvalue weighted by atomic mass is 10.1.